The number of amides is 1. The molecule has 2 rings (SSSR count). The van der Waals surface area contributed by atoms with Crippen LogP contribution < -0.4 is 10.6 Å². The average molecular weight is 227 g/mol. The van der Waals surface area contributed by atoms with Gasteiger partial charge in [0.15, 0.2) is 0 Å². The van der Waals surface area contributed by atoms with Crippen molar-refractivity contribution in [2.45, 2.75) is 24.8 Å². The molecule has 92 valence electrons. The molecule has 0 aromatic rings. The van der Waals surface area contributed by atoms with Crippen LogP contribution in [0.3, 0.4) is 0 Å². The summed E-state index contributed by atoms with van der Waals surface area (Å²) in [5, 5.41) is 15.5. The summed E-state index contributed by atoms with van der Waals surface area (Å²) in [6.07, 6.45) is 2.93. The molecule has 2 fully saturated rings. The third-order valence-electron chi connectivity index (χ3n) is 3.59. The minimum Gasteiger partial charge on any atom is -0.394 e. The van der Waals surface area contributed by atoms with Gasteiger partial charge in [0.1, 0.15) is 0 Å². The Kier molecular flexibility index (Phi) is 3.78. The molecule has 5 heteroatoms. The van der Waals surface area contributed by atoms with Crippen LogP contribution in [-0.2, 0) is 4.79 Å². The SMILES string of the molecule is O=C(CN1CCNCC1)NC1(CO)CCC1. The summed E-state index contributed by atoms with van der Waals surface area (Å²) in [6.45, 7) is 4.31. The fourth-order valence-electron chi connectivity index (χ4n) is 2.33. The van der Waals surface area contributed by atoms with Gasteiger partial charge in [-0.25, -0.2) is 0 Å². The van der Waals surface area contributed by atoms with Gasteiger partial charge in [0.2, 0.25) is 5.91 Å². The van der Waals surface area contributed by atoms with E-state index in [1.165, 1.54) is 0 Å². The maximum atomic E-state index is 11.8. The van der Waals surface area contributed by atoms with Crippen LogP contribution in [0, 0.1) is 0 Å². The topological polar surface area (TPSA) is 64.6 Å². The molecule has 1 aliphatic carbocycles. The van der Waals surface area contributed by atoms with Crippen molar-refractivity contribution in [3.8, 4) is 0 Å². The fourth-order valence-corrected chi connectivity index (χ4v) is 2.33. The average Bonchev–Trinajstić information content (AvgIpc) is 2.25. The van der Waals surface area contributed by atoms with E-state index >= 15 is 0 Å². The predicted molar refractivity (Wildman–Crippen MR) is 61.1 cm³/mol. The molecule has 5 nitrogen and oxygen atoms in total. The fraction of sp³-hybridized carbons (Fsp3) is 0.909. The van der Waals surface area contributed by atoms with E-state index in [1.54, 1.807) is 0 Å². The number of nitrogens with one attached hydrogen (secondary N) is 2. The quantitative estimate of drug-likeness (QED) is 0.572. The molecule has 0 unspecified atom stereocenters. The van der Waals surface area contributed by atoms with Crippen LogP contribution in [-0.4, -0.2) is 60.8 Å². The third-order valence-corrected chi connectivity index (χ3v) is 3.59. The van der Waals surface area contributed by atoms with Gasteiger partial charge in [0.05, 0.1) is 18.7 Å². The Morgan fingerprint density at radius 1 is 1.38 bits per heavy atom. The highest BCUT2D eigenvalue weighted by atomic mass is 16.3. The second kappa shape index (κ2) is 5.12. The molecule has 1 saturated heterocycles. The lowest BCUT2D eigenvalue weighted by atomic mass is 9.77. The summed E-state index contributed by atoms with van der Waals surface area (Å²) in [6, 6.07) is 0. The summed E-state index contributed by atoms with van der Waals surface area (Å²) in [5.41, 5.74) is -0.300. The molecular formula is C11H21N3O2. The first-order chi connectivity index (χ1) is 7.74. The lowest BCUT2D eigenvalue weighted by molar-refractivity contribution is -0.126. The van der Waals surface area contributed by atoms with E-state index < -0.39 is 0 Å². The standard InChI is InChI=1S/C11H21N3O2/c15-9-11(2-1-3-11)13-10(16)8-14-6-4-12-5-7-14/h12,15H,1-9H2,(H,13,16). The zero-order chi connectivity index (χ0) is 11.4. The molecule has 0 bridgehead atoms. The van der Waals surface area contributed by atoms with E-state index in [0.29, 0.717) is 6.54 Å². The normalized spacial score (nSPS) is 24.8. The Morgan fingerprint density at radius 3 is 2.56 bits per heavy atom. The zero-order valence-electron chi connectivity index (χ0n) is 9.67. The van der Waals surface area contributed by atoms with Crippen LogP contribution in [0.25, 0.3) is 0 Å². The van der Waals surface area contributed by atoms with Crippen LogP contribution in [0.1, 0.15) is 19.3 Å². The van der Waals surface area contributed by atoms with Crippen molar-refractivity contribution >= 4 is 5.91 Å². The summed E-state index contributed by atoms with van der Waals surface area (Å²) in [5.74, 6) is 0.0515. The Morgan fingerprint density at radius 2 is 2.06 bits per heavy atom. The van der Waals surface area contributed by atoms with Crippen LogP contribution >= 0.6 is 0 Å². The number of aliphatic hydroxyl groups excluding tert-OH is 1. The van der Waals surface area contributed by atoms with E-state index in [4.69, 9.17) is 0 Å². The van der Waals surface area contributed by atoms with Crippen LogP contribution in [0.4, 0.5) is 0 Å². The molecule has 0 spiro atoms. The zero-order valence-corrected chi connectivity index (χ0v) is 9.67. The third kappa shape index (κ3) is 2.72. The second-order valence-electron chi connectivity index (χ2n) is 4.87. The van der Waals surface area contributed by atoms with Crippen molar-refractivity contribution in [1.82, 2.24) is 15.5 Å². The van der Waals surface area contributed by atoms with Crippen LogP contribution in [0.5, 0.6) is 0 Å². The largest absolute Gasteiger partial charge is 0.394 e. The number of carbonyl (C=O) groups excluding carboxylic acids is 1. The van der Waals surface area contributed by atoms with E-state index in [-0.39, 0.29) is 18.1 Å². The maximum absolute atomic E-state index is 11.8. The van der Waals surface area contributed by atoms with Gasteiger partial charge in [-0.05, 0) is 19.3 Å². The van der Waals surface area contributed by atoms with E-state index in [2.05, 4.69) is 15.5 Å². The first-order valence-corrected chi connectivity index (χ1v) is 6.09. The van der Waals surface area contributed by atoms with Gasteiger partial charge in [0, 0.05) is 26.2 Å². The summed E-state index contributed by atoms with van der Waals surface area (Å²) in [7, 11) is 0. The lowest BCUT2D eigenvalue weighted by Crippen LogP contribution is -2.58. The molecule has 2 aliphatic rings. The van der Waals surface area contributed by atoms with Gasteiger partial charge in [-0.15, -0.1) is 0 Å². The van der Waals surface area contributed by atoms with Crippen molar-refractivity contribution in [2.24, 2.45) is 0 Å². The number of aliphatic hydroxyl groups is 1. The molecule has 1 amide bonds. The minimum atomic E-state index is -0.300. The molecule has 0 atom stereocenters. The molecular weight excluding hydrogens is 206 g/mol. The molecule has 1 saturated carbocycles. The van der Waals surface area contributed by atoms with Gasteiger partial charge in [-0.1, -0.05) is 0 Å². The van der Waals surface area contributed by atoms with Gasteiger partial charge >= 0.3 is 0 Å². The number of piperazine rings is 1. The maximum Gasteiger partial charge on any atom is 0.234 e. The highest BCUT2D eigenvalue weighted by Gasteiger charge is 2.37. The lowest BCUT2D eigenvalue weighted by Gasteiger charge is -2.41. The van der Waals surface area contributed by atoms with Crippen molar-refractivity contribution in [2.75, 3.05) is 39.3 Å². The van der Waals surface area contributed by atoms with Gasteiger partial charge in [0.25, 0.3) is 0 Å². The highest BCUT2D eigenvalue weighted by Crippen LogP contribution is 2.30. The smallest absolute Gasteiger partial charge is 0.234 e. The second-order valence-corrected chi connectivity index (χ2v) is 4.87. The summed E-state index contributed by atoms with van der Waals surface area (Å²) >= 11 is 0. The molecule has 1 aliphatic heterocycles. The van der Waals surface area contributed by atoms with Crippen LogP contribution in [0.15, 0.2) is 0 Å². The van der Waals surface area contributed by atoms with Gasteiger partial charge in [-0.2, -0.15) is 0 Å². The molecule has 0 radical (unpaired) electrons. The number of hydrogen-bond donors (Lipinski definition) is 3. The van der Waals surface area contributed by atoms with Gasteiger partial charge in [-0.3, -0.25) is 9.69 Å². The number of carbonyl (C=O) groups is 1. The van der Waals surface area contributed by atoms with E-state index in [9.17, 15) is 9.90 Å². The highest BCUT2D eigenvalue weighted by molar-refractivity contribution is 5.79. The van der Waals surface area contributed by atoms with Crippen molar-refractivity contribution in [3.05, 3.63) is 0 Å². The monoisotopic (exact) mass is 227 g/mol. The summed E-state index contributed by atoms with van der Waals surface area (Å²) in [4.78, 5) is 13.9. The minimum absolute atomic E-state index is 0.0515. The Labute approximate surface area is 96.2 Å². The first-order valence-electron chi connectivity index (χ1n) is 6.09. The predicted octanol–water partition coefficient (Wildman–Crippen LogP) is -1.08. The number of nitrogens with zero attached hydrogens (tertiary/aromatic N) is 1. The van der Waals surface area contributed by atoms with E-state index in [1.807, 2.05) is 0 Å². The number of hydrogen-bond acceptors (Lipinski definition) is 4. The molecule has 16 heavy (non-hydrogen) atoms. The Hall–Kier alpha value is -0.650. The number of rotatable bonds is 4. The van der Waals surface area contributed by atoms with E-state index in [0.717, 1.165) is 45.4 Å². The van der Waals surface area contributed by atoms with Crippen LogP contribution in [0.2, 0.25) is 0 Å². The molecule has 3 N–H and O–H groups in total. The first kappa shape index (κ1) is 11.8. The van der Waals surface area contributed by atoms with Crippen molar-refractivity contribution < 1.29 is 9.90 Å². The van der Waals surface area contributed by atoms with Crippen molar-refractivity contribution in [3.63, 3.8) is 0 Å². The molecule has 0 aromatic carbocycles. The summed E-state index contributed by atoms with van der Waals surface area (Å²) < 4.78 is 0. The molecule has 1 heterocycles. The Balaban J connectivity index is 1.74. The van der Waals surface area contributed by atoms with Gasteiger partial charge < -0.3 is 15.7 Å². The molecule has 0 aromatic heterocycles. The van der Waals surface area contributed by atoms with Crippen molar-refractivity contribution in [1.29, 1.82) is 0 Å². The Bertz CT molecular complexity index is 242.